The molecule has 2 fully saturated rings. The van der Waals surface area contributed by atoms with Gasteiger partial charge < -0.3 is 10.2 Å². The van der Waals surface area contributed by atoms with Crippen molar-refractivity contribution in [3.8, 4) is 0 Å². The Bertz CT molecular complexity index is 292. The molecule has 1 N–H and O–H groups in total. The predicted octanol–water partition coefficient (Wildman–Crippen LogP) is 2.82. The van der Waals surface area contributed by atoms with Crippen LogP contribution in [-0.4, -0.2) is 61.7 Å². The van der Waals surface area contributed by atoms with Crippen LogP contribution in [0.25, 0.3) is 0 Å². The highest BCUT2D eigenvalue weighted by Crippen LogP contribution is 2.30. The lowest BCUT2D eigenvalue weighted by Crippen LogP contribution is -2.48. The van der Waals surface area contributed by atoms with E-state index < -0.39 is 0 Å². The molecule has 1 aliphatic carbocycles. The summed E-state index contributed by atoms with van der Waals surface area (Å²) in [5.74, 6) is 1.77. The van der Waals surface area contributed by atoms with Crippen LogP contribution in [0.2, 0.25) is 0 Å². The predicted molar refractivity (Wildman–Crippen MR) is 91.7 cm³/mol. The highest BCUT2D eigenvalue weighted by molar-refractivity contribution is 4.87. The van der Waals surface area contributed by atoms with Crippen molar-refractivity contribution in [1.29, 1.82) is 0 Å². The molecule has 0 radical (unpaired) electrons. The highest BCUT2D eigenvalue weighted by atomic mass is 15.2. The van der Waals surface area contributed by atoms with E-state index in [4.69, 9.17) is 0 Å². The fourth-order valence-electron chi connectivity index (χ4n) is 4.29. The summed E-state index contributed by atoms with van der Waals surface area (Å²) >= 11 is 0. The third-order valence-corrected chi connectivity index (χ3v) is 5.55. The van der Waals surface area contributed by atoms with Crippen molar-refractivity contribution in [3.63, 3.8) is 0 Å². The summed E-state index contributed by atoms with van der Waals surface area (Å²) < 4.78 is 0. The molecule has 4 unspecified atom stereocenters. The number of nitrogens with one attached hydrogen (secondary N) is 1. The lowest BCUT2D eigenvalue weighted by atomic mass is 9.78. The van der Waals surface area contributed by atoms with Crippen molar-refractivity contribution in [3.05, 3.63) is 0 Å². The van der Waals surface area contributed by atoms with Gasteiger partial charge in [-0.05, 0) is 77.5 Å². The van der Waals surface area contributed by atoms with E-state index in [1.165, 1.54) is 64.8 Å². The molecule has 3 nitrogen and oxygen atoms in total. The minimum absolute atomic E-state index is 0.710. The summed E-state index contributed by atoms with van der Waals surface area (Å²) in [5.41, 5.74) is 0. The highest BCUT2D eigenvalue weighted by Gasteiger charge is 2.31. The Morgan fingerprint density at radius 3 is 2.71 bits per heavy atom. The van der Waals surface area contributed by atoms with E-state index in [2.05, 4.69) is 42.9 Å². The van der Waals surface area contributed by atoms with Crippen LogP contribution in [0.1, 0.15) is 52.9 Å². The fraction of sp³-hybridized carbons (Fsp3) is 1.00. The molecular weight excluding hydrogens is 258 g/mol. The molecule has 0 bridgehead atoms. The number of likely N-dealkylation sites (N-methyl/N-ethyl adjacent to an activating group) is 1. The van der Waals surface area contributed by atoms with E-state index in [1.807, 2.05) is 0 Å². The van der Waals surface area contributed by atoms with Gasteiger partial charge in [0.25, 0.3) is 0 Å². The summed E-state index contributed by atoms with van der Waals surface area (Å²) in [6, 6.07) is 1.47. The zero-order chi connectivity index (χ0) is 15.2. The standard InChI is InChI=1S/C18H37N3/c1-5-9-19-18-8-7-15(2)12-17(18)14-21-11-6-10-20(4)13-16(21)3/h15-19H,5-14H2,1-4H3. The molecular formula is C18H37N3. The maximum Gasteiger partial charge on any atom is 0.0194 e. The van der Waals surface area contributed by atoms with Gasteiger partial charge in [-0.2, -0.15) is 0 Å². The molecule has 1 saturated heterocycles. The van der Waals surface area contributed by atoms with Crippen molar-refractivity contribution >= 4 is 0 Å². The Labute approximate surface area is 132 Å². The first-order valence-corrected chi connectivity index (χ1v) is 9.26. The van der Waals surface area contributed by atoms with E-state index in [-0.39, 0.29) is 0 Å². The lowest BCUT2D eigenvalue weighted by Gasteiger charge is -2.40. The van der Waals surface area contributed by atoms with Gasteiger partial charge in [-0.25, -0.2) is 0 Å². The van der Waals surface area contributed by atoms with Crippen molar-refractivity contribution in [1.82, 2.24) is 15.1 Å². The molecule has 21 heavy (non-hydrogen) atoms. The fourth-order valence-corrected chi connectivity index (χ4v) is 4.29. The molecule has 0 amide bonds. The first kappa shape index (κ1) is 17.2. The van der Waals surface area contributed by atoms with Crippen LogP contribution in [0.3, 0.4) is 0 Å². The Morgan fingerprint density at radius 1 is 1.14 bits per heavy atom. The second-order valence-corrected chi connectivity index (χ2v) is 7.70. The zero-order valence-electron chi connectivity index (χ0n) is 14.8. The van der Waals surface area contributed by atoms with Crippen LogP contribution < -0.4 is 5.32 Å². The van der Waals surface area contributed by atoms with Gasteiger partial charge in [0.2, 0.25) is 0 Å². The number of hydrogen-bond donors (Lipinski definition) is 1. The third kappa shape index (κ3) is 5.22. The Balaban J connectivity index is 1.92. The third-order valence-electron chi connectivity index (χ3n) is 5.55. The first-order valence-electron chi connectivity index (χ1n) is 9.26. The summed E-state index contributed by atoms with van der Waals surface area (Å²) in [6.07, 6.45) is 6.80. The minimum atomic E-state index is 0.710. The monoisotopic (exact) mass is 295 g/mol. The SMILES string of the molecule is CCCNC1CCC(C)CC1CN1CCCN(C)CC1C. The molecule has 0 aromatic carbocycles. The molecule has 3 heteroatoms. The second kappa shape index (κ2) is 8.50. The van der Waals surface area contributed by atoms with Crippen molar-refractivity contribution in [2.75, 3.05) is 39.8 Å². The van der Waals surface area contributed by atoms with E-state index in [0.29, 0.717) is 6.04 Å². The zero-order valence-corrected chi connectivity index (χ0v) is 14.8. The van der Waals surface area contributed by atoms with E-state index in [1.54, 1.807) is 0 Å². The van der Waals surface area contributed by atoms with Gasteiger partial charge in [0.1, 0.15) is 0 Å². The van der Waals surface area contributed by atoms with Crippen LogP contribution in [-0.2, 0) is 0 Å². The maximum absolute atomic E-state index is 3.83. The van der Waals surface area contributed by atoms with Crippen LogP contribution in [0.5, 0.6) is 0 Å². The summed E-state index contributed by atoms with van der Waals surface area (Å²) in [5, 5.41) is 3.83. The summed E-state index contributed by atoms with van der Waals surface area (Å²) in [6.45, 7) is 13.4. The summed E-state index contributed by atoms with van der Waals surface area (Å²) in [4.78, 5) is 5.27. The maximum atomic E-state index is 3.83. The Kier molecular flexibility index (Phi) is 6.97. The van der Waals surface area contributed by atoms with Crippen molar-refractivity contribution < 1.29 is 0 Å². The number of nitrogens with zero attached hydrogens (tertiary/aromatic N) is 2. The largest absolute Gasteiger partial charge is 0.314 e. The lowest BCUT2D eigenvalue weighted by molar-refractivity contribution is 0.119. The van der Waals surface area contributed by atoms with Gasteiger partial charge >= 0.3 is 0 Å². The van der Waals surface area contributed by atoms with Crippen LogP contribution in [0, 0.1) is 11.8 Å². The number of rotatable bonds is 5. The van der Waals surface area contributed by atoms with Gasteiger partial charge in [0.15, 0.2) is 0 Å². The smallest absolute Gasteiger partial charge is 0.0194 e. The molecule has 1 saturated carbocycles. The van der Waals surface area contributed by atoms with Gasteiger partial charge in [0.05, 0.1) is 0 Å². The van der Waals surface area contributed by atoms with Crippen LogP contribution in [0.4, 0.5) is 0 Å². The van der Waals surface area contributed by atoms with E-state index in [9.17, 15) is 0 Å². The average Bonchev–Trinajstić information content (AvgIpc) is 2.59. The van der Waals surface area contributed by atoms with Gasteiger partial charge in [0, 0.05) is 25.2 Å². The van der Waals surface area contributed by atoms with E-state index in [0.717, 1.165) is 17.9 Å². The average molecular weight is 296 g/mol. The van der Waals surface area contributed by atoms with Crippen LogP contribution in [0.15, 0.2) is 0 Å². The molecule has 0 spiro atoms. The molecule has 1 heterocycles. The van der Waals surface area contributed by atoms with Crippen molar-refractivity contribution in [2.24, 2.45) is 11.8 Å². The normalized spacial score (nSPS) is 36.6. The quantitative estimate of drug-likeness (QED) is 0.841. The Morgan fingerprint density at radius 2 is 1.95 bits per heavy atom. The Hall–Kier alpha value is -0.120. The van der Waals surface area contributed by atoms with Gasteiger partial charge in [-0.15, -0.1) is 0 Å². The molecule has 0 aromatic rings. The second-order valence-electron chi connectivity index (χ2n) is 7.70. The minimum Gasteiger partial charge on any atom is -0.314 e. The van der Waals surface area contributed by atoms with Gasteiger partial charge in [-0.1, -0.05) is 13.8 Å². The van der Waals surface area contributed by atoms with Crippen LogP contribution >= 0.6 is 0 Å². The molecule has 0 aromatic heterocycles. The molecule has 2 rings (SSSR count). The molecule has 124 valence electrons. The number of hydrogen-bond acceptors (Lipinski definition) is 3. The molecule has 2 aliphatic rings. The summed E-state index contributed by atoms with van der Waals surface area (Å²) in [7, 11) is 2.27. The topological polar surface area (TPSA) is 18.5 Å². The molecule has 4 atom stereocenters. The van der Waals surface area contributed by atoms with E-state index >= 15 is 0 Å². The first-order chi connectivity index (χ1) is 10.1. The van der Waals surface area contributed by atoms with Crippen molar-refractivity contribution in [2.45, 2.75) is 65.0 Å². The molecule has 1 aliphatic heterocycles. The van der Waals surface area contributed by atoms with Gasteiger partial charge in [-0.3, -0.25) is 4.90 Å².